The van der Waals surface area contributed by atoms with Gasteiger partial charge in [0.15, 0.2) is 5.78 Å². The lowest BCUT2D eigenvalue weighted by molar-refractivity contribution is -0.210. The summed E-state index contributed by atoms with van der Waals surface area (Å²) < 4.78 is 22.7. The first kappa shape index (κ1) is 36.1. The average Bonchev–Trinajstić information content (AvgIpc) is 3.19. The van der Waals surface area contributed by atoms with Crippen molar-refractivity contribution >= 4 is 29.7 Å². The van der Waals surface area contributed by atoms with Gasteiger partial charge >= 0.3 is 23.9 Å². The Morgan fingerprint density at radius 1 is 0.891 bits per heavy atom. The molecule has 11 nitrogen and oxygen atoms in total. The molecule has 2 N–H and O–H groups in total. The van der Waals surface area contributed by atoms with Gasteiger partial charge in [0.2, 0.25) is 0 Å². The van der Waals surface area contributed by atoms with Gasteiger partial charge in [-0.1, -0.05) is 13.8 Å². The molecule has 46 heavy (non-hydrogen) atoms. The molecule has 0 amide bonds. The van der Waals surface area contributed by atoms with Gasteiger partial charge in [-0.2, -0.15) is 0 Å². The molecule has 0 saturated heterocycles. The van der Waals surface area contributed by atoms with Crippen LogP contribution in [0.1, 0.15) is 114 Å². The number of fused-ring (bicyclic) bond motifs is 5. The highest BCUT2D eigenvalue weighted by Crippen LogP contribution is 2.69. The normalized spacial score (nSPS) is 37.3. The molecule has 0 spiro atoms. The quantitative estimate of drug-likeness (QED) is 0.273. The first-order valence-electron chi connectivity index (χ1n) is 16.5. The number of esters is 4. The van der Waals surface area contributed by atoms with Gasteiger partial charge in [0.25, 0.3) is 0 Å². The minimum atomic E-state index is -1.58. The van der Waals surface area contributed by atoms with E-state index in [1.807, 2.05) is 13.8 Å². The molecule has 0 aromatic heterocycles. The molecule has 4 rings (SSSR count). The summed E-state index contributed by atoms with van der Waals surface area (Å²) in [6, 6.07) is 0. The maximum atomic E-state index is 13.9. The van der Waals surface area contributed by atoms with Crippen molar-refractivity contribution in [2.24, 2.45) is 28.6 Å². The van der Waals surface area contributed by atoms with E-state index in [2.05, 4.69) is 0 Å². The summed E-state index contributed by atoms with van der Waals surface area (Å²) in [6.07, 6.45) is 2.02. The highest BCUT2D eigenvalue weighted by Gasteiger charge is 2.71. The topological polar surface area (TPSA) is 163 Å². The number of allylic oxidation sites excluding steroid dienone is 1. The van der Waals surface area contributed by atoms with Crippen LogP contribution in [0.25, 0.3) is 0 Å². The molecule has 11 heteroatoms. The van der Waals surface area contributed by atoms with Crippen LogP contribution < -0.4 is 0 Å². The Morgan fingerprint density at radius 3 is 2.09 bits per heavy atom. The van der Waals surface area contributed by atoms with Gasteiger partial charge in [0.1, 0.15) is 29.5 Å². The second-order valence-corrected chi connectivity index (χ2v) is 15.4. The Morgan fingerprint density at radius 2 is 1.52 bits per heavy atom. The molecule has 3 fully saturated rings. The van der Waals surface area contributed by atoms with Gasteiger partial charge in [0, 0.05) is 44.4 Å². The molecule has 0 bridgehead atoms. The van der Waals surface area contributed by atoms with Crippen molar-refractivity contribution in [1.82, 2.24) is 0 Å². The van der Waals surface area contributed by atoms with Gasteiger partial charge < -0.3 is 29.2 Å². The molecule has 4 aliphatic rings. The summed E-state index contributed by atoms with van der Waals surface area (Å²) in [7, 11) is 0. The molecule has 0 unspecified atom stereocenters. The van der Waals surface area contributed by atoms with Crippen LogP contribution in [0.5, 0.6) is 0 Å². The van der Waals surface area contributed by atoms with E-state index < -0.39 is 81.7 Å². The maximum Gasteiger partial charge on any atom is 0.303 e. The Kier molecular flexibility index (Phi) is 9.67. The second kappa shape index (κ2) is 12.3. The number of ether oxygens (including phenoxy) is 4. The van der Waals surface area contributed by atoms with Crippen LogP contribution in [-0.2, 0) is 42.9 Å². The van der Waals surface area contributed by atoms with Gasteiger partial charge in [-0.3, -0.25) is 24.0 Å². The number of hydrogen-bond donors (Lipinski definition) is 2. The van der Waals surface area contributed by atoms with Gasteiger partial charge in [0.05, 0.1) is 5.60 Å². The summed E-state index contributed by atoms with van der Waals surface area (Å²) in [5.74, 6) is -3.58. The largest absolute Gasteiger partial charge is 0.460 e. The third-order valence-electron chi connectivity index (χ3n) is 11.9. The molecular formula is C35H52O11. The number of carbonyl (C=O) groups is 5. The van der Waals surface area contributed by atoms with Crippen LogP contribution in [0.2, 0.25) is 0 Å². The molecule has 0 radical (unpaired) electrons. The zero-order valence-corrected chi connectivity index (χ0v) is 28.8. The van der Waals surface area contributed by atoms with E-state index in [0.717, 1.165) is 0 Å². The van der Waals surface area contributed by atoms with Gasteiger partial charge in [-0.25, -0.2) is 0 Å². The fourth-order valence-corrected chi connectivity index (χ4v) is 9.86. The van der Waals surface area contributed by atoms with Crippen molar-refractivity contribution in [3.8, 4) is 0 Å². The van der Waals surface area contributed by atoms with Crippen molar-refractivity contribution < 1.29 is 53.1 Å². The van der Waals surface area contributed by atoms with Crippen molar-refractivity contribution in [3.05, 3.63) is 11.6 Å². The van der Waals surface area contributed by atoms with E-state index >= 15 is 0 Å². The summed E-state index contributed by atoms with van der Waals surface area (Å²) in [6.45, 7) is 14.2. The van der Waals surface area contributed by atoms with Crippen molar-refractivity contribution in [3.63, 3.8) is 0 Å². The van der Waals surface area contributed by atoms with Crippen molar-refractivity contribution in [2.45, 2.75) is 149 Å². The van der Waals surface area contributed by atoms with E-state index in [4.69, 9.17) is 18.9 Å². The highest BCUT2D eigenvalue weighted by atomic mass is 16.6. The Balaban J connectivity index is 1.71. The Bertz CT molecular complexity index is 1300. The monoisotopic (exact) mass is 648 g/mol. The number of rotatable bonds is 9. The third-order valence-corrected chi connectivity index (χ3v) is 11.9. The number of aliphatic hydroxyl groups is 2. The lowest BCUT2D eigenvalue weighted by Crippen LogP contribution is -2.66. The Labute approximate surface area is 271 Å². The van der Waals surface area contributed by atoms with E-state index in [9.17, 15) is 34.2 Å². The van der Waals surface area contributed by atoms with E-state index in [-0.39, 0.29) is 24.5 Å². The lowest BCUT2D eigenvalue weighted by Gasteiger charge is -2.61. The fourth-order valence-electron chi connectivity index (χ4n) is 9.86. The van der Waals surface area contributed by atoms with Gasteiger partial charge in [-0.15, -0.1) is 0 Å². The molecular weight excluding hydrogens is 596 g/mol. The van der Waals surface area contributed by atoms with Crippen molar-refractivity contribution in [1.29, 1.82) is 0 Å². The smallest absolute Gasteiger partial charge is 0.303 e. The van der Waals surface area contributed by atoms with Crippen LogP contribution >= 0.6 is 0 Å². The SMILES string of the molecule is CC(=O)O[C@@H]1[C@H](OC(C)=O)CC[C@H]2C(=O)C=C3[C@H](CC[C@]4(C)[C@@H]([C@@](C)(O)[C@@H](CCC(C)(C)OC(C)=O)OC(C)=O)CC[C@@]34O)[C@@]12C. The van der Waals surface area contributed by atoms with Crippen LogP contribution in [-0.4, -0.2) is 75.0 Å². The number of ketones is 1. The number of hydrogen-bond acceptors (Lipinski definition) is 11. The molecule has 4 aliphatic carbocycles. The molecule has 0 heterocycles. The first-order valence-corrected chi connectivity index (χ1v) is 16.5. The summed E-state index contributed by atoms with van der Waals surface area (Å²) in [5, 5.41) is 25.0. The van der Waals surface area contributed by atoms with Crippen LogP contribution in [0.3, 0.4) is 0 Å². The van der Waals surface area contributed by atoms with Crippen LogP contribution in [0.15, 0.2) is 11.6 Å². The van der Waals surface area contributed by atoms with E-state index in [0.29, 0.717) is 44.1 Å². The standard InChI is InChI=1S/C35H52O11/c1-19(36)43-27-11-10-24-26(40)18-25-23(33(24,8)30(27)45-21(3)38)12-16-32(7)28(13-17-35(25,32)42)34(9,41)29(44-20(2)37)14-15-31(5,6)46-22(4)39/h18,23-24,27-30,41-42H,10-17H2,1-9H3/t23-,24-,27+,28-,29+,30+,32+,33+,34+,35+/m0/s1. The molecule has 10 atom stereocenters. The highest BCUT2D eigenvalue weighted by molar-refractivity contribution is 5.95. The zero-order chi connectivity index (χ0) is 34.6. The zero-order valence-electron chi connectivity index (χ0n) is 28.8. The molecule has 3 saturated carbocycles. The van der Waals surface area contributed by atoms with Crippen molar-refractivity contribution in [2.75, 3.05) is 0 Å². The molecule has 0 aromatic rings. The Hall–Kier alpha value is -2.79. The minimum Gasteiger partial charge on any atom is -0.460 e. The first-order chi connectivity index (χ1) is 21.1. The predicted molar refractivity (Wildman–Crippen MR) is 165 cm³/mol. The summed E-state index contributed by atoms with van der Waals surface area (Å²) >= 11 is 0. The second-order valence-electron chi connectivity index (χ2n) is 15.4. The third kappa shape index (κ3) is 6.14. The summed E-state index contributed by atoms with van der Waals surface area (Å²) in [4.78, 5) is 62.2. The van der Waals surface area contributed by atoms with Gasteiger partial charge in [-0.05, 0) is 95.6 Å². The van der Waals surface area contributed by atoms with Crippen LogP contribution in [0.4, 0.5) is 0 Å². The summed E-state index contributed by atoms with van der Waals surface area (Å²) in [5.41, 5.74) is -5.22. The van der Waals surface area contributed by atoms with E-state index in [1.165, 1.54) is 27.7 Å². The minimum absolute atomic E-state index is 0.162. The number of carbonyl (C=O) groups excluding carboxylic acids is 5. The fraction of sp³-hybridized carbons (Fsp3) is 0.800. The van der Waals surface area contributed by atoms with E-state index in [1.54, 1.807) is 26.8 Å². The predicted octanol–water partition coefficient (Wildman–Crippen LogP) is 4.14. The molecule has 0 aromatic carbocycles. The lowest BCUT2D eigenvalue weighted by atomic mass is 9.45. The maximum absolute atomic E-state index is 13.9. The van der Waals surface area contributed by atoms with Crippen LogP contribution in [0, 0.1) is 28.6 Å². The average molecular weight is 649 g/mol. The molecule has 0 aliphatic heterocycles. The molecule has 258 valence electrons.